The Balaban J connectivity index is 0. The molecule has 12 heavy (non-hydrogen) atoms. The number of nitrogens with two attached hydrogens (primary N) is 1. The number of aliphatic carboxylic acids is 1. The van der Waals surface area contributed by atoms with E-state index in [1.54, 1.807) is 0 Å². The molecule has 0 saturated carbocycles. The van der Waals surface area contributed by atoms with E-state index in [1.807, 2.05) is 0 Å². The van der Waals surface area contributed by atoms with E-state index < -0.39 is 18.2 Å². The lowest BCUT2D eigenvalue weighted by Crippen LogP contribution is -2.22. The molecule has 0 aromatic carbocycles. The Kier molecular flexibility index (Phi) is 7.98. The summed E-state index contributed by atoms with van der Waals surface area (Å²) < 4.78 is 4.32. The van der Waals surface area contributed by atoms with Crippen LogP contribution in [0.5, 0.6) is 0 Å². The summed E-state index contributed by atoms with van der Waals surface area (Å²) in [5.41, 5.74) is 4.61. The number of ether oxygens (including phenoxy) is 1. The van der Waals surface area contributed by atoms with Crippen LogP contribution in [-0.4, -0.2) is 23.3 Å². The van der Waals surface area contributed by atoms with Gasteiger partial charge in [0, 0.05) is 0 Å². The molecule has 0 heterocycles. The van der Waals surface area contributed by atoms with Crippen molar-refractivity contribution in [2.75, 3.05) is 0 Å². The molecule has 0 fully saturated rings. The molecule has 0 aliphatic carbocycles. The fourth-order valence-electron chi connectivity index (χ4n) is 0.486. The molecule has 0 unspecified atom stereocenters. The van der Waals surface area contributed by atoms with Gasteiger partial charge < -0.3 is 15.6 Å². The highest BCUT2D eigenvalue weighted by atomic mass is 16.6. The maximum Gasteiger partial charge on any atom is 0.404 e. The first kappa shape index (κ1) is 12.9. The SMILES string of the molecule is C#C.C[C@H](CC(=O)O)OC(N)=O. The molecule has 0 rings (SSSR count). The summed E-state index contributed by atoms with van der Waals surface area (Å²) in [7, 11) is 0. The van der Waals surface area contributed by atoms with Crippen molar-refractivity contribution in [1.82, 2.24) is 0 Å². The summed E-state index contributed by atoms with van der Waals surface area (Å²) in [6.07, 6.45) is 6.17. The quantitative estimate of drug-likeness (QED) is 0.596. The van der Waals surface area contributed by atoms with Gasteiger partial charge >= 0.3 is 12.1 Å². The van der Waals surface area contributed by atoms with Crippen molar-refractivity contribution in [2.45, 2.75) is 19.4 Å². The Morgan fingerprint density at radius 1 is 1.58 bits per heavy atom. The Morgan fingerprint density at radius 2 is 2.00 bits per heavy atom. The largest absolute Gasteiger partial charge is 0.481 e. The van der Waals surface area contributed by atoms with Crippen LogP contribution in [0.15, 0.2) is 0 Å². The molecule has 0 aromatic heterocycles. The number of primary amides is 1. The normalized spacial score (nSPS) is 10.2. The van der Waals surface area contributed by atoms with E-state index in [0.29, 0.717) is 0 Å². The highest BCUT2D eigenvalue weighted by Gasteiger charge is 2.09. The van der Waals surface area contributed by atoms with Crippen molar-refractivity contribution in [3.63, 3.8) is 0 Å². The third-order valence-electron chi connectivity index (χ3n) is 0.779. The number of carboxylic acid groups (broad SMARTS) is 1. The molecular formula is C7H11NO4. The zero-order valence-electron chi connectivity index (χ0n) is 6.69. The highest BCUT2D eigenvalue weighted by Crippen LogP contribution is 1.95. The molecule has 5 heteroatoms. The van der Waals surface area contributed by atoms with Gasteiger partial charge in [-0.3, -0.25) is 4.79 Å². The van der Waals surface area contributed by atoms with Crippen molar-refractivity contribution in [2.24, 2.45) is 5.73 Å². The van der Waals surface area contributed by atoms with Crippen LogP contribution in [0.4, 0.5) is 4.79 Å². The van der Waals surface area contributed by atoms with Crippen molar-refractivity contribution in [3.8, 4) is 12.8 Å². The first-order valence-corrected chi connectivity index (χ1v) is 3.03. The predicted octanol–water partition coefficient (Wildman–Crippen LogP) is 0.194. The molecule has 0 bridgehead atoms. The van der Waals surface area contributed by atoms with Gasteiger partial charge in [0.15, 0.2) is 0 Å². The predicted molar refractivity (Wildman–Crippen MR) is 42.3 cm³/mol. The zero-order valence-corrected chi connectivity index (χ0v) is 6.69. The van der Waals surface area contributed by atoms with Crippen molar-refractivity contribution in [3.05, 3.63) is 0 Å². The number of amides is 1. The van der Waals surface area contributed by atoms with Gasteiger partial charge in [-0.15, -0.1) is 12.8 Å². The summed E-state index contributed by atoms with van der Waals surface area (Å²) in [5.74, 6) is -1.02. The number of carboxylic acids is 1. The van der Waals surface area contributed by atoms with E-state index in [9.17, 15) is 9.59 Å². The smallest absolute Gasteiger partial charge is 0.404 e. The summed E-state index contributed by atoms with van der Waals surface area (Å²) >= 11 is 0. The molecular weight excluding hydrogens is 162 g/mol. The van der Waals surface area contributed by atoms with Crippen molar-refractivity contribution < 1.29 is 19.4 Å². The molecule has 1 amide bonds. The maximum atomic E-state index is 10.00. The summed E-state index contributed by atoms with van der Waals surface area (Å²) in [5, 5.41) is 8.16. The monoisotopic (exact) mass is 173 g/mol. The van der Waals surface area contributed by atoms with Crippen LogP contribution in [0.3, 0.4) is 0 Å². The second kappa shape index (κ2) is 7.41. The Morgan fingerprint density at radius 3 is 2.25 bits per heavy atom. The van der Waals surface area contributed by atoms with Crippen LogP contribution in [0.25, 0.3) is 0 Å². The van der Waals surface area contributed by atoms with E-state index in [1.165, 1.54) is 6.92 Å². The fraction of sp³-hybridized carbons (Fsp3) is 0.429. The molecule has 68 valence electrons. The number of terminal acetylenes is 1. The van der Waals surface area contributed by atoms with Gasteiger partial charge in [0.25, 0.3) is 0 Å². The minimum atomic E-state index is -1.02. The van der Waals surface area contributed by atoms with E-state index in [2.05, 4.69) is 23.3 Å². The Labute approximate surface area is 70.5 Å². The average Bonchev–Trinajstić information content (AvgIpc) is 1.87. The topological polar surface area (TPSA) is 89.6 Å². The minimum absolute atomic E-state index is 0.219. The number of hydrogen-bond donors (Lipinski definition) is 2. The Hall–Kier alpha value is -1.70. The average molecular weight is 173 g/mol. The maximum absolute atomic E-state index is 10.00. The number of carbonyl (C=O) groups excluding carboxylic acids is 1. The van der Waals surface area contributed by atoms with Crippen molar-refractivity contribution in [1.29, 1.82) is 0 Å². The second-order valence-electron chi connectivity index (χ2n) is 1.85. The van der Waals surface area contributed by atoms with Gasteiger partial charge in [0.2, 0.25) is 0 Å². The van der Waals surface area contributed by atoms with Gasteiger partial charge in [-0.2, -0.15) is 0 Å². The van der Waals surface area contributed by atoms with E-state index >= 15 is 0 Å². The molecule has 1 atom stereocenters. The van der Waals surface area contributed by atoms with Gasteiger partial charge in [-0.1, -0.05) is 0 Å². The molecule has 3 N–H and O–H groups in total. The van der Waals surface area contributed by atoms with Crippen molar-refractivity contribution >= 4 is 12.1 Å². The summed E-state index contributed by atoms with van der Waals surface area (Å²) in [4.78, 5) is 20.0. The molecule has 0 aliphatic rings. The third-order valence-corrected chi connectivity index (χ3v) is 0.779. The van der Waals surface area contributed by atoms with Crippen LogP contribution in [0.2, 0.25) is 0 Å². The fourth-order valence-corrected chi connectivity index (χ4v) is 0.486. The standard InChI is InChI=1S/C5H9NO4.C2H2/c1-3(2-4(7)8)10-5(6)9;1-2/h3H,2H2,1H3,(H2,6,9)(H,7,8);1-2H/t3-;/m1./s1. The molecule has 0 saturated heterocycles. The molecule has 0 radical (unpaired) electrons. The summed E-state index contributed by atoms with van der Waals surface area (Å²) in [6, 6.07) is 0. The lowest BCUT2D eigenvalue weighted by Gasteiger charge is -2.06. The van der Waals surface area contributed by atoms with Gasteiger partial charge in [-0.05, 0) is 6.92 Å². The number of rotatable bonds is 3. The van der Waals surface area contributed by atoms with Crippen LogP contribution >= 0.6 is 0 Å². The first-order valence-electron chi connectivity index (χ1n) is 3.03. The number of carbonyl (C=O) groups is 2. The lowest BCUT2D eigenvalue weighted by atomic mass is 10.3. The van der Waals surface area contributed by atoms with Crippen LogP contribution < -0.4 is 5.73 Å². The van der Waals surface area contributed by atoms with Gasteiger partial charge in [0.1, 0.15) is 6.10 Å². The first-order chi connectivity index (χ1) is 5.52. The third kappa shape index (κ3) is 11.1. The van der Waals surface area contributed by atoms with Crippen LogP contribution in [0.1, 0.15) is 13.3 Å². The minimum Gasteiger partial charge on any atom is -0.481 e. The van der Waals surface area contributed by atoms with Gasteiger partial charge in [-0.25, -0.2) is 4.79 Å². The molecule has 0 aliphatic heterocycles. The van der Waals surface area contributed by atoms with Gasteiger partial charge in [0.05, 0.1) is 6.42 Å². The Bertz CT molecular complexity index is 159. The van der Waals surface area contributed by atoms with E-state index in [4.69, 9.17) is 5.11 Å². The van der Waals surface area contributed by atoms with Crippen LogP contribution in [-0.2, 0) is 9.53 Å². The highest BCUT2D eigenvalue weighted by molar-refractivity contribution is 5.69. The van der Waals surface area contributed by atoms with Crippen LogP contribution in [0, 0.1) is 12.8 Å². The van der Waals surface area contributed by atoms with E-state index in [-0.39, 0.29) is 6.42 Å². The summed E-state index contributed by atoms with van der Waals surface area (Å²) in [6.45, 7) is 1.46. The number of hydrogen-bond acceptors (Lipinski definition) is 3. The molecule has 0 aromatic rings. The second-order valence-corrected chi connectivity index (χ2v) is 1.85. The lowest BCUT2D eigenvalue weighted by molar-refractivity contribution is -0.138. The molecule has 5 nitrogen and oxygen atoms in total. The molecule has 0 spiro atoms. The van der Waals surface area contributed by atoms with E-state index in [0.717, 1.165) is 0 Å². The zero-order chi connectivity index (χ0) is 10.1.